The van der Waals surface area contributed by atoms with Crippen LogP contribution in [0.15, 0.2) is 24.8 Å². The van der Waals surface area contributed by atoms with Crippen molar-refractivity contribution in [1.29, 1.82) is 0 Å². The molecule has 30 heavy (non-hydrogen) atoms. The summed E-state index contributed by atoms with van der Waals surface area (Å²) in [6.45, 7) is -1.29. The maximum atomic E-state index is 13.4. The van der Waals surface area contributed by atoms with E-state index in [0.717, 1.165) is 11.0 Å². The Morgan fingerprint density at radius 2 is 2.13 bits per heavy atom. The molecule has 1 fully saturated rings. The maximum Gasteiger partial charge on any atom is 0.320 e. The monoisotopic (exact) mass is 426 g/mol. The molecule has 0 saturated carbocycles. The third kappa shape index (κ3) is 3.94. The second-order valence-electron chi connectivity index (χ2n) is 7.04. The molecule has 1 saturated heterocycles. The summed E-state index contributed by atoms with van der Waals surface area (Å²) in [5.74, 6) is -0.324. The molecule has 8 nitrogen and oxygen atoms in total. The fraction of sp³-hybridized carbons (Fsp3) is 0.444. The summed E-state index contributed by atoms with van der Waals surface area (Å²) < 4.78 is 59.7. The van der Waals surface area contributed by atoms with Crippen molar-refractivity contribution in [2.45, 2.75) is 39.0 Å². The lowest BCUT2D eigenvalue weighted by Crippen LogP contribution is -2.26. The van der Waals surface area contributed by atoms with Gasteiger partial charge in [0.15, 0.2) is 0 Å². The van der Waals surface area contributed by atoms with Crippen LogP contribution >= 0.6 is 0 Å². The fourth-order valence-electron chi connectivity index (χ4n) is 3.37. The van der Waals surface area contributed by atoms with Crippen LogP contribution in [0.1, 0.15) is 19.9 Å². The molecular formula is C18H18F4N6O2. The molecule has 2 atom stereocenters. The van der Waals surface area contributed by atoms with Gasteiger partial charge in [-0.1, -0.05) is 0 Å². The number of pyridine rings is 1. The Kier molecular flexibility index (Phi) is 5.31. The number of amides is 1. The standard InChI is InChI=1S/C18H18F4N6O2/c1-9(10-2-15(29)23-4-10)30-17-16-13(24-8-28(16)18(21)22)3-12(26-17)11-5-25-27(6-11)7-14(19)20/h3,5-6,8-10,14,18H,2,4,7H2,1H3,(H,23,29)/t9?,10-/m1/s1. The lowest BCUT2D eigenvalue weighted by Gasteiger charge is -2.20. The zero-order valence-electron chi connectivity index (χ0n) is 15.8. The average Bonchev–Trinajstić information content (AvgIpc) is 3.40. The van der Waals surface area contributed by atoms with Crippen LogP contribution in [0, 0.1) is 5.92 Å². The predicted octanol–water partition coefficient (Wildman–Crippen LogP) is 2.86. The molecule has 1 N–H and O–H groups in total. The van der Waals surface area contributed by atoms with E-state index in [2.05, 4.69) is 20.4 Å². The average molecular weight is 426 g/mol. The van der Waals surface area contributed by atoms with Gasteiger partial charge in [-0.05, 0) is 13.0 Å². The number of carbonyl (C=O) groups excluding carboxylic acids is 1. The first-order chi connectivity index (χ1) is 14.3. The van der Waals surface area contributed by atoms with Gasteiger partial charge >= 0.3 is 6.55 Å². The largest absolute Gasteiger partial charge is 0.473 e. The minimum atomic E-state index is -2.86. The van der Waals surface area contributed by atoms with E-state index in [-0.39, 0.29) is 35.2 Å². The number of hydrogen-bond acceptors (Lipinski definition) is 5. The maximum absolute atomic E-state index is 13.4. The number of rotatable bonds is 7. The molecule has 3 aromatic rings. The van der Waals surface area contributed by atoms with Gasteiger partial charge in [0.05, 0.1) is 17.4 Å². The van der Waals surface area contributed by atoms with Crippen LogP contribution in [0.2, 0.25) is 0 Å². The molecule has 160 valence electrons. The summed E-state index contributed by atoms with van der Waals surface area (Å²) >= 11 is 0. The number of ether oxygens (including phenoxy) is 1. The smallest absolute Gasteiger partial charge is 0.320 e. The molecule has 4 heterocycles. The topological polar surface area (TPSA) is 86.9 Å². The number of nitrogens with zero attached hydrogens (tertiary/aromatic N) is 5. The van der Waals surface area contributed by atoms with E-state index in [0.29, 0.717) is 22.4 Å². The highest BCUT2D eigenvalue weighted by Gasteiger charge is 2.29. The molecule has 1 aliphatic heterocycles. The van der Waals surface area contributed by atoms with Crippen LogP contribution in [0.5, 0.6) is 5.88 Å². The van der Waals surface area contributed by atoms with Gasteiger partial charge < -0.3 is 10.1 Å². The van der Waals surface area contributed by atoms with Gasteiger partial charge in [0.1, 0.15) is 24.5 Å². The summed E-state index contributed by atoms with van der Waals surface area (Å²) in [7, 11) is 0. The quantitative estimate of drug-likeness (QED) is 0.587. The molecule has 0 bridgehead atoms. The van der Waals surface area contributed by atoms with E-state index in [1.165, 1.54) is 18.5 Å². The van der Waals surface area contributed by atoms with Crippen molar-refractivity contribution in [3.63, 3.8) is 0 Å². The minimum absolute atomic E-state index is 0.0119. The minimum Gasteiger partial charge on any atom is -0.473 e. The Labute approximate surface area is 167 Å². The van der Waals surface area contributed by atoms with Crippen molar-refractivity contribution in [2.24, 2.45) is 5.92 Å². The van der Waals surface area contributed by atoms with Crippen molar-refractivity contribution in [1.82, 2.24) is 29.6 Å². The molecule has 1 unspecified atom stereocenters. The highest BCUT2D eigenvalue weighted by molar-refractivity contribution is 5.84. The highest BCUT2D eigenvalue weighted by atomic mass is 19.3. The number of nitrogens with one attached hydrogen (secondary N) is 1. The van der Waals surface area contributed by atoms with Gasteiger partial charge in [0, 0.05) is 30.6 Å². The van der Waals surface area contributed by atoms with Crippen molar-refractivity contribution in [3.8, 4) is 17.1 Å². The molecule has 0 radical (unpaired) electrons. The Balaban J connectivity index is 1.73. The normalized spacial score (nSPS) is 17.8. The van der Waals surface area contributed by atoms with E-state index in [1.54, 1.807) is 6.92 Å². The third-order valence-corrected chi connectivity index (χ3v) is 4.95. The van der Waals surface area contributed by atoms with Gasteiger partial charge in [-0.15, -0.1) is 0 Å². The molecule has 0 aliphatic carbocycles. The molecule has 0 spiro atoms. The van der Waals surface area contributed by atoms with Gasteiger partial charge in [0.25, 0.3) is 6.43 Å². The molecule has 1 aliphatic rings. The molecule has 0 aromatic carbocycles. The molecule has 1 amide bonds. The molecular weight excluding hydrogens is 408 g/mol. The number of halogens is 4. The Morgan fingerprint density at radius 3 is 2.80 bits per heavy atom. The van der Waals surface area contributed by atoms with Crippen molar-refractivity contribution in [3.05, 3.63) is 24.8 Å². The number of imidazole rings is 1. The van der Waals surface area contributed by atoms with Crippen molar-refractivity contribution >= 4 is 16.9 Å². The van der Waals surface area contributed by atoms with Crippen LogP contribution in [0.3, 0.4) is 0 Å². The number of fused-ring (bicyclic) bond motifs is 1. The summed E-state index contributed by atoms with van der Waals surface area (Å²) in [5.41, 5.74) is 0.937. The van der Waals surface area contributed by atoms with Gasteiger partial charge in [-0.3, -0.25) is 14.0 Å². The molecule has 3 aromatic heterocycles. The predicted molar refractivity (Wildman–Crippen MR) is 97.2 cm³/mol. The van der Waals surface area contributed by atoms with Gasteiger partial charge in [-0.25, -0.2) is 18.7 Å². The second kappa shape index (κ2) is 7.92. The van der Waals surface area contributed by atoms with E-state index in [9.17, 15) is 22.4 Å². The van der Waals surface area contributed by atoms with E-state index in [4.69, 9.17) is 4.74 Å². The first-order valence-electron chi connectivity index (χ1n) is 9.22. The lowest BCUT2D eigenvalue weighted by atomic mass is 10.0. The van der Waals surface area contributed by atoms with Crippen LogP contribution in [-0.4, -0.2) is 49.3 Å². The lowest BCUT2D eigenvalue weighted by molar-refractivity contribution is -0.119. The fourth-order valence-corrected chi connectivity index (χ4v) is 3.37. The van der Waals surface area contributed by atoms with Crippen LogP contribution in [0.25, 0.3) is 22.3 Å². The molecule has 12 heteroatoms. The highest BCUT2D eigenvalue weighted by Crippen LogP contribution is 2.33. The van der Waals surface area contributed by atoms with Gasteiger partial charge in [0.2, 0.25) is 11.8 Å². The van der Waals surface area contributed by atoms with E-state index in [1.807, 2.05) is 0 Å². The van der Waals surface area contributed by atoms with Crippen LogP contribution < -0.4 is 10.1 Å². The summed E-state index contributed by atoms with van der Waals surface area (Å²) in [4.78, 5) is 19.8. The van der Waals surface area contributed by atoms with Crippen LogP contribution in [-0.2, 0) is 11.3 Å². The number of hydrogen-bond donors (Lipinski definition) is 1. The van der Waals surface area contributed by atoms with E-state index < -0.39 is 25.6 Å². The van der Waals surface area contributed by atoms with E-state index >= 15 is 0 Å². The number of alkyl halides is 4. The zero-order valence-corrected chi connectivity index (χ0v) is 15.8. The van der Waals surface area contributed by atoms with Crippen molar-refractivity contribution in [2.75, 3.05) is 6.54 Å². The van der Waals surface area contributed by atoms with Crippen LogP contribution in [0.4, 0.5) is 17.6 Å². The van der Waals surface area contributed by atoms with Crippen molar-refractivity contribution < 1.29 is 27.1 Å². The second-order valence-corrected chi connectivity index (χ2v) is 7.04. The third-order valence-electron chi connectivity index (χ3n) is 4.95. The SMILES string of the molecule is CC(Oc1nc(-c2cnn(CC(F)F)c2)cc2ncn(C(F)F)c12)[C@H]1CNC(=O)C1. The summed E-state index contributed by atoms with van der Waals surface area (Å²) in [6, 6.07) is 1.47. The Bertz CT molecular complexity index is 1070. The Morgan fingerprint density at radius 1 is 1.33 bits per heavy atom. The summed E-state index contributed by atoms with van der Waals surface area (Å²) in [6.07, 6.45) is 0.928. The first kappa shape index (κ1) is 20.1. The Hall–Kier alpha value is -3.18. The van der Waals surface area contributed by atoms with Gasteiger partial charge in [-0.2, -0.15) is 13.9 Å². The molecule has 4 rings (SSSR count). The zero-order chi connectivity index (χ0) is 21.4. The number of carbonyl (C=O) groups is 1. The first-order valence-corrected chi connectivity index (χ1v) is 9.22. The summed E-state index contributed by atoms with van der Waals surface area (Å²) in [5, 5.41) is 6.58. The number of aromatic nitrogens is 5.